The molecule has 1 aromatic heterocycles. The molecule has 0 saturated carbocycles. The van der Waals surface area contributed by atoms with Crippen LogP contribution in [0.1, 0.15) is 31.1 Å². The van der Waals surface area contributed by atoms with E-state index < -0.39 is 11.5 Å². The predicted octanol–water partition coefficient (Wildman–Crippen LogP) is 2.99. The van der Waals surface area contributed by atoms with E-state index in [-0.39, 0.29) is 5.78 Å². The minimum absolute atomic E-state index is 0.302. The van der Waals surface area contributed by atoms with E-state index in [0.717, 1.165) is 0 Å². The second-order valence-electron chi connectivity index (χ2n) is 4.24. The van der Waals surface area contributed by atoms with Gasteiger partial charge in [-0.25, -0.2) is 0 Å². The summed E-state index contributed by atoms with van der Waals surface area (Å²) in [6, 6.07) is 1.64. The van der Waals surface area contributed by atoms with E-state index in [1.165, 1.54) is 11.3 Å². The van der Waals surface area contributed by atoms with Crippen LogP contribution in [0.15, 0.2) is 11.4 Å². The monoisotopic (exact) mass is 232 g/mol. The summed E-state index contributed by atoms with van der Waals surface area (Å²) in [5.41, 5.74) is -0.0402. The second kappa shape index (κ2) is 4.01. The minimum Gasteiger partial charge on any atom is -0.384 e. The van der Waals surface area contributed by atoms with Gasteiger partial charge in [-0.15, -0.1) is 11.3 Å². The van der Waals surface area contributed by atoms with Crippen LogP contribution in [0.2, 0.25) is 4.34 Å². The lowest BCUT2D eigenvalue weighted by molar-refractivity contribution is 0.0443. The molecule has 0 aliphatic carbocycles. The zero-order valence-corrected chi connectivity index (χ0v) is 9.95. The molecular formula is C10H13ClO2S. The van der Waals surface area contributed by atoms with Crippen molar-refractivity contribution in [2.75, 3.05) is 0 Å². The van der Waals surface area contributed by atoms with Gasteiger partial charge < -0.3 is 5.11 Å². The third-order valence-corrected chi connectivity index (χ3v) is 3.12. The van der Waals surface area contributed by atoms with Crippen LogP contribution in [0.25, 0.3) is 0 Å². The molecule has 1 N–H and O–H groups in total. The van der Waals surface area contributed by atoms with E-state index in [9.17, 15) is 9.90 Å². The second-order valence-corrected chi connectivity index (χ2v) is 5.76. The van der Waals surface area contributed by atoms with E-state index >= 15 is 0 Å². The van der Waals surface area contributed by atoms with Gasteiger partial charge in [0, 0.05) is 5.56 Å². The Kier molecular flexibility index (Phi) is 3.35. The van der Waals surface area contributed by atoms with Gasteiger partial charge in [0.2, 0.25) is 0 Å². The van der Waals surface area contributed by atoms with E-state index in [0.29, 0.717) is 9.90 Å². The number of carbonyl (C=O) groups excluding carboxylic acids is 1. The van der Waals surface area contributed by atoms with Crippen LogP contribution >= 0.6 is 22.9 Å². The highest BCUT2D eigenvalue weighted by molar-refractivity contribution is 7.14. The molecule has 1 rings (SSSR count). The summed E-state index contributed by atoms with van der Waals surface area (Å²) in [5.74, 6) is -0.302. The van der Waals surface area contributed by atoms with Gasteiger partial charge in [-0.1, -0.05) is 32.4 Å². The van der Waals surface area contributed by atoms with Crippen LogP contribution in [-0.2, 0) is 0 Å². The number of halogens is 1. The zero-order valence-electron chi connectivity index (χ0n) is 8.37. The van der Waals surface area contributed by atoms with Gasteiger partial charge in [0.15, 0.2) is 5.78 Å². The molecule has 0 spiro atoms. The molecular weight excluding hydrogens is 220 g/mol. The molecule has 0 aliphatic heterocycles. The number of aliphatic hydroxyl groups excluding tert-OH is 1. The Labute approximate surface area is 92.5 Å². The van der Waals surface area contributed by atoms with E-state index in [4.69, 9.17) is 11.6 Å². The van der Waals surface area contributed by atoms with Crippen molar-refractivity contribution in [2.24, 2.45) is 5.41 Å². The maximum Gasteiger partial charge on any atom is 0.194 e. The summed E-state index contributed by atoms with van der Waals surface area (Å²) in [5, 5.41) is 11.5. The number of Topliss-reactive ketones (excluding diaryl/α,β-unsaturated/α-hetero) is 1. The van der Waals surface area contributed by atoms with Gasteiger partial charge in [-0.05, 0) is 16.9 Å². The quantitative estimate of drug-likeness (QED) is 0.796. The topological polar surface area (TPSA) is 37.3 Å². The number of ketones is 1. The van der Waals surface area contributed by atoms with Gasteiger partial charge in [0.1, 0.15) is 10.4 Å². The van der Waals surface area contributed by atoms with Gasteiger partial charge in [-0.2, -0.15) is 0 Å². The highest BCUT2D eigenvalue weighted by atomic mass is 35.5. The molecule has 78 valence electrons. The first-order chi connectivity index (χ1) is 6.34. The average molecular weight is 233 g/mol. The normalized spacial score (nSPS) is 14.1. The Morgan fingerprint density at radius 1 is 1.57 bits per heavy atom. The molecule has 2 nitrogen and oxygen atoms in total. The van der Waals surface area contributed by atoms with Crippen LogP contribution in [0.5, 0.6) is 0 Å². The number of rotatable bonds is 2. The van der Waals surface area contributed by atoms with Crippen molar-refractivity contribution in [3.05, 3.63) is 21.3 Å². The highest BCUT2D eigenvalue weighted by Crippen LogP contribution is 2.28. The molecule has 1 unspecified atom stereocenters. The Morgan fingerprint density at radius 2 is 2.14 bits per heavy atom. The molecule has 0 radical (unpaired) electrons. The Bertz CT molecular complexity index is 338. The van der Waals surface area contributed by atoms with Crippen LogP contribution in [0.3, 0.4) is 0 Å². The SMILES string of the molecule is CC(C)(C)C(O)C(=O)c1ccsc1Cl. The first-order valence-corrected chi connectivity index (χ1v) is 5.55. The minimum atomic E-state index is -1.01. The summed E-state index contributed by atoms with van der Waals surface area (Å²) in [6.07, 6.45) is -1.01. The molecule has 0 bridgehead atoms. The maximum atomic E-state index is 11.7. The van der Waals surface area contributed by atoms with Crippen molar-refractivity contribution in [1.29, 1.82) is 0 Å². The van der Waals surface area contributed by atoms with Crippen molar-refractivity contribution >= 4 is 28.7 Å². The molecule has 1 heterocycles. The van der Waals surface area contributed by atoms with Gasteiger partial charge in [0.25, 0.3) is 0 Å². The molecule has 0 aromatic carbocycles. The molecule has 1 aromatic rings. The molecule has 14 heavy (non-hydrogen) atoms. The first kappa shape index (κ1) is 11.7. The molecule has 0 amide bonds. The third-order valence-electron chi connectivity index (χ3n) is 1.95. The largest absolute Gasteiger partial charge is 0.384 e. The number of aliphatic hydroxyl groups is 1. The molecule has 0 aliphatic rings. The summed E-state index contributed by atoms with van der Waals surface area (Å²) in [6.45, 7) is 5.45. The van der Waals surface area contributed by atoms with Gasteiger partial charge in [-0.3, -0.25) is 4.79 Å². The Hall–Kier alpha value is -0.380. The van der Waals surface area contributed by atoms with E-state index in [1.54, 1.807) is 11.4 Å². The van der Waals surface area contributed by atoms with E-state index in [1.807, 2.05) is 20.8 Å². The Morgan fingerprint density at radius 3 is 2.50 bits per heavy atom. The van der Waals surface area contributed by atoms with Crippen molar-refractivity contribution in [1.82, 2.24) is 0 Å². The molecule has 4 heteroatoms. The fourth-order valence-electron chi connectivity index (χ4n) is 1.01. The van der Waals surface area contributed by atoms with Crippen molar-refractivity contribution in [3.63, 3.8) is 0 Å². The maximum absolute atomic E-state index is 11.7. The lowest BCUT2D eigenvalue weighted by Gasteiger charge is -2.24. The predicted molar refractivity (Wildman–Crippen MR) is 59.1 cm³/mol. The van der Waals surface area contributed by atoms with Crippen LogP contribution in [0.4, 0.5) is 0 Å². The van der Waals surface area contributed by atoms with Crippen LogP contribution in [-0.4, -0.2) is 17.0 Å². The fraction of sp³-hybridized carbons (Fsp3) is 0.500. The summed E-state index contributed by atoms with van der Waals surface area (Å²) >= 11 is 7.11. The third kappa shape index (κ3) is 2.35. The van der Waals surface area contributed by atoms with Crippen molar-refractivity contribution in [2.45, 2.75) is 26.9 Å². The number of hydrogen-bond donors (Lipinski definition) is 1. The molecule has 1 atom stereocenters. The fourth-order valence-corrected chi connectivity index (χ4v) is 1.94. The van der Waals surface area contributed by atoms with Crippen molar-refractivity contribution < 1.29 is 9.90 Å². The highest BCUT2D eigenvalue weighted by Gasteiger charge is 2.31. The standard InChI is InChI=1S/C10H13ClO2S/c1-10(2,3)8(13)7(12)6-4-5-14-9(6)11/h4-5,8,13H,1-3H3. The molecule has 0 fully saturated rings. The number of carbonyl (C=O) groups is 1. The van der Waals surface area contributed by atoms with Crippen LogP contribution in [0, 0.1) is 5.41 Å². The Balaban J connectivity index is 2.92. The summed E-state index contributed by atoms with van der Waals surface area (Å²) in [7, 11) is 0. The van der Waals surface area contributed by atoms with Gasteiger partial charge >= 0.3 is 0 Å². The average Bonchev–Trinajstić information content (AvgIpc) is 2.47. The zero-order chi connectivity index (χ0) is 10.9. The van der Waals surface area contributed by atoms with Crippen molar-refractivity contribution in [3.8, 4) is 0 Å². The smallest absolute Gasteiger partial charge is 0.194 e. The van der Waals surface area contributed by atoms with E-state index in [2.05, 4.69) is 0 Å². The number of thiophene rings is 1. The summed E-state index contributed by atoms with van der Waals surface area (Å²) < 4.78 is 0.443. The van der Waals surface area contributed by atoms with Crippen LogP contribution < -0.4 is 0 Å². The lowest BCUT2D eigenvalue weighted by Crippen LogP contribution is -2.34. The first-order valence-electron chi connectivity index (χ1n) is 4.29. The summed E-state index contributed by atoms with van der Waals surface area (Å²) in [4.78, 5) is 11.7. The lowest BCUT2D eigenvalue weighted by atomic mass is 9.85. The van der Waals surface area contributed by atoms with Gasteiger partial charge in [0.05, 0.1) is 0 Å². The number of hydrogen-bond acceptors (Lipinski definition) is 3. The molecule has 0 saturated heterocycles.